The van der Waals surface area contributed by atoms with Crippen LogP contribution in [-0.2, 0) is 14.4 Å². The van der Waals surface area contributed by atoms with Gasteiger partial charge in [0.1, 0.15) is 0 Å². The molecule has 20 heavy (non-hydrogen) atoms. The molecule has 1 aromatic rings. The first-order chi connectivity index (χ1) is 9.59. The Balaban J connectivity index is 1.78. The summed E-state index contributed by atoms with van der Waals surface area (Å²) < 4.78 is 5.28. The summed E-state index contributed by atoms with van der Waals surface area (Å²) in [6, 6.07) is 6.37. The van der Waals surface area contributed by atoms with Crippen molar-refractivity contribution in [2.75, 3.05) is 6.61 Å². The van der Waals surface area contributed by atoms with E-state index in [9.17, 15) is 14.4 Å². The molecular weight excluding hydrogens is 262 g/mol. The maximum atomic E-state index is 12.0. The molecule has 1 fully saturated rings. The molecule has 1 aromatic carbocycles. The van der Waals surface area contributed by atoms with Gasteiger partial charge in [0.15, 0.2) is 0 Å². The molecule has 0 spiro atoms. The van der Waals surface area contributed by atoms with E-state index in [0.717, 1.165) is 0 Å². The van der Waals surface area contributed by atoms with Gasteiger partial charge in [0, 0.05) is 6.61 Å². The molecule has 0 saturated carbocycles. The number of hydrogen-bond donors (Lipinski definition) is 0. The van der Waals surface area contributed by atoms with Crippen LogP contribution in [0.5, 0.6) is 0 Å². The predicted molar refractivity (Wildman–Crippen MR) is 66.6 cm³/mol. The number of carbonyl (C=O) groups excluding carboxylic acids is 3. The Morgan fingerprint density at radius 2 is 1.85 bits per heavy atom. The Bertz CT molecular complexity index is 562. The lowest BCUT2D eigenvalue weighted by Gasteiger charge is -2.17. The van der Waals surface area contributed by atoms with Crippen LogP contribution in [0.25, 0.3) is 0 Å². The summed E-state index contributed by atoms with van der Waals surface area (Å²) >= 11 is 0. The maximum Gasteiger partial charge on any atom is 0.338 e. The number of hydroxylamine groups is 2. The molecule has 2 atom stereocenters. The van der Waals surface area contributed by atoms with E-state index < -0.39 is 23.7 Å². The molecule has 2 aliphatic heterocycles. The fourth-order valence-electron chi connectivity index (χ4n) is 2.45. The molecule has 0 aromatic heterocycles. The van der Waals surface area contributed by atoms with Crippen LogP contribution in [0.15, 0.2) is 24.3 Å². The summed E-state index contributed by atoms with van der Waals surface area (Å²) in [4.78, 5) is 41.1. The van der Waals surface area contributed by atoms with E-state index in [1.165, 1.54) is 12.1 Å². The van der Waals surface area contributed by atoms with Gasteiger partial charge in [-0.15, -0.1) is 0 Å². The summed E-state index contributed by atoms with van der Waals surface area (Å²) in [6.45, 7) is 2.24. The SMILES string of the molecule is CC1OCCC1C(=O)ON1C(=O)c2ccccc2C1=O. The average molecular weight is 275 g/mol. The molecule has 2 heterocycles. The Hall–Kier alpha value is -2.21. The molecule has 2 unspecified atom stereocenters. The Morgan fingerprint density at radius 3 is 2.35 bits per heavy atom. The maximum absolute atomic E-state index is 12.0. The first kappa shape index (κ1) is 12.8. The van der Waals surface area contributed by atoms with Crippen molar-refractivity contribution in [3.05, 3.63) is 35.4 Å². The van der Waals surface area contributed by atoms with E-state index in [4.69, 9.17) is 9.57 Å². The highest BCUT2D eigenvalue weighted by Crippen LogP contribution is 2.26. The average Bonchev–Trinajstić information content (AvgIpc) is 2.97. The molecule has 0 N–H and O–H groups in total. The highest BCUT2D eigenvalue weighted by atomic mass is 16.7. The topological polar surface area (TPSA) is 72.9 Å². The lowest BCUT2D eigenvalue weighted by Crippen LogP contribution is -2.36. The van der Waals surface area contributed by atoms with Crippen molar-refractivity contribution >= 4 is 17.8 Å². The minimum Gasteiger partial charge on any atom is -0.378 e. The number of carbonyl (C=O) groups is 3. The van der Waals surface area contributed by atoms with Crippen LogP contribution < -0.4 is 0 Å². The van der Waals surface area contributed by atoms with Crippen LogP contribution in [0.2, 0.25) is 0 Å². The van der Waals surface area contributed by atoms with E-state index in [1.54, 1.807) is 19.1 Å². The first-order valence-electron chi connectivity index (χ1n) is 6.41. The number of rotatable bonds is 2. The van der Waals surface area contributed by atoms with Gasteiger partial charge in [-0.05, 0) is 25.5 Å². The highest BCUT2D eigenvalue weighted by Gasteiger charge is 2.41. The Morgan fingerprint density at radius 1 is 1.25 bits per heavy atom. The molecule has 2 amide bonds. The molecule has 0 aliphatic carbocycles. The van der Waals surface area contributed by atoms with E-state index in [2.05, 4.69) is 0 Å². The third kappa shape index (κ3) is 1.89. The van der Waals surface area contributed by atoms with Crippen molar-refractivity contribution in [2.45, 2.75) is 19.4 Å². The molecular formula is C14H13NO5. The lowest BCUT2D eigenvalue weighted by molar-refractivity contribution is -0.175. The number of fused-ring (bicyclic) bond motifs is 1. The third-order valence-electron chi connectivity index (χ3n) is 3.62. The van der Waals surface area contributed by atoms with Gasteiger partial charge in [0.25, 0.3) is 11.8 Å². The van der Waals surface area contributed by atoms with E-state index >= 15 is 0 Å². The summed E-state index contributed by atoms with van der Waals surface area (Å²) in [5.41, 5.74) is 0.502. The second-order valence-corrected chi connectivity index (χ2v) is 4.83. The van der Waals surface area contributed by atoms with Crippen LogP contribution in [-0.4, -0.2) is 35.6 Å². The van der Waals surface area contributed by atoms with Gasteiger partial charge in [0.2, 0.25) is 0 Å². The third-order valence-corrected chi connectivity index (χ3v) is 3.62. The minimum absolute atomic E-state index is 0.251. The Labute approximate surface area is 115 Å². The number of hydrogen-bond acceptors (Lipinski definition) is 5. The van der Waals surface area contributed by atoms with E-state index in [0.29, 0.717) is 18.1 Å². The lowest BCUT2D eigenvalue weighted by atomic mass is 10.0. The number of ether oxygens (including phenoxy) is 1. The van der Waals surface area contributed by atoms with Crippen LogP contribution in [0.3, 0.4) is 0 Å². The fourth-order valence-corrected chi connectivity index (χ4v) is 2.45. The second-order valence-electron chi connectivity index (χ2n) is 4.83. The smallest absolute Gasteiger partial charge is 0.338 e. The predicted octanol–water partition coefficient (Wildman–Crippen LogP) is 1.17. The van der Waals surface area contributed by atoms with Crippen molar-refractivity contribution in [1.82, 2.24) is 5.06 Å². The van der Waals surface area contributed by atoms with Gasteiger partial charge in [-0.3, -0.25) is 9.59 Å². The monoisotopic (exact) mass is 275 g/mol. The molecule has 3 rings (SSSR count). The molecule has 0 bridgehead atoms. The van der Waals surface area contributed by atoms with Crippen molar-refractivity contribution in [1.29, 1.82) is 0 Å². The summed E-state index contributed by atoms with van der Waals surface area (Å²) in [5, 5.41) is 0.540. The van der Waals surface area contributed by atoms with Crippen molar-refractivity contribution in [2.24, 2.45) is 5.92 Å². The van der Waals surface area contributed by atoms with Gasteiger partial charge in [-0.25, -0.2) is 4.79 Å². The normalized spacial score (nSPS) is 24.9. The zero-order valence-electron chi connectivity index (χ0n) is 10.9. The van der Waals surface area contributed by atoms with Crippen molar-refractivity contribution < 1.29 is 24.0 Å². The molecule has 2 aliphatic rings. The molecule has 6 heteroatoms. The number of benzene rings is 1. The summed E-state index contributed by atoms with van der Waals surface area (Å²) in [5.74, 6) is -2.26. The van der Waals surface area contributed by atoms with Gasteiger partial charge in [-0.2, -0.15) is 0 Å². The zero-order valence-corrected chi connectivity index (χ0v) is 10.9. The molecule has 0 radical (unpaired) electrons. The minimum atomic E-state index is -0.607. The number of imide groups is 1. The first-order valence-corrected chi connectivity index (χ1v) is 6.41. The zero-order chi connectivity index (χ0) is 14.3. The summed E-state index contributed by atoms with van der Waals surface area (Å²) in [7, 11) is 0. The highest BCUT2D eigenvalue weighted by molar-refractivity contribution is 6.20. The number of nitrogens with zero attached hydrogens (tertiary/aromatic N) is 1. The summed E-state index contributed by atoms with van der Waals surface area (Å²) in [6.07, 6.45) is 0.265. The molecule has 6 nitrogen and oxygen atoms in total. The van der Waals surface area contributed by atoms with Gasteiger partial charge < -0.3 is 9.57 Å². The quantitative estimate of drug-likeness (QED) is 0.757. The van der Waals surface area contributed by atoms with Gasteiger partial charge in [0.05, 0.1) is 23.1 Å². The fraction of sp³-hybridized carbons (Fsp3) is 0.357. The standard InChI is InChI=1S/C14H13NO5/c1-8-9(6-7-19-8)14(18)20-15-12(16)10-4-2-3-5-11(10)13(15)17/h2-5,8-9H,6-7H2,1H3. The van der Waals surface area contributed by atoms with E-state index in [-0.39, 0.29) is 17.2 Å². The molecule has 1 saturated heterocycles. The van der Waals surface area contributed by atoms with Crippen molar-refractivity contribution in [3.8, 4) is 0 Å². The molecule has 104 valence electrons. The van der Waals surface area contributed by atoms with Crippen LogP contribution in [0.4, 0.5) is 0 Å². The van der Waals surface area contributed by atoms with Crippen molar-refractivity contribution in [3.63, 3.8) is 0 Å². The van der Waals surface area contributed by atoms with Gasteiger partial charge in [-0.1, -0.05) is 17.2 Å². The van der Waals surface area contributed by atoms with Crippen LogP contribution in [0.1, 0.15) is 34.1 Å². The van der Waals surface area contributed by atoms with E-state index in [1.807, 2.05) is 0 Å². The number of amides is 2. The largest absolute Gasteiger partial charge is 0.378 e. The van der Waals surface area contributed by atoms with Crippen LogP contribution in [0, 0.1) is 5.92 Å². The Kier molecular flexibility index (Phi) is 3.02. The van der Waals surface area contributed by atoms with Gasteiger partial charge >= 0.3 is 5.97 Å². The van der Waals surface area contributed by atoms with Crippen LogP contribution >= 0.6 is 0 Å². The second kappa shape index (κ2) is 4.72.